The van der Waals surface area contributed by atoms with Gasteiger partial charge >= 0.3 is 0 Å². The first-order valence-electron chi connectivity index (χ1n) is 7.53. The number of aryl methyl sites for hydroxylation is 2. The molecule has 6 nitrogen and oxygen atoms in total. The van der Waals surface area contributed by atoms with Gasteiger partial charge in [0.25, 0.3) is 0 Å². The molecule has 3 aromatic heterocycles. The number of rotatable bonds is 4. The highest BCUT2D eigenvalue weighted by atomic mass is 32.1. The van der Waals surface area contributed by atoms with Crippen LogP contribution in [0.4, 0.5) is 5.13 Å². The van der Waals surface area contributed by atoms with Crippen LogP contribution in [0.1, 0.15) is 16.9 Å². The molecule has 0 bridgehead atoms. The summed E-state index contributed by atoms with van der Waals surface area (Å²) in [5, 5.41) is 18.6. The minimum atomic E-state index is 0.332. The second-order valence-electron chi connectivity index (χ2n) is 5.64. The fourth-order valence-corrected chi connectivity index (χ4v) is 3.41. The molecule has 4 aromatic rings. The molecule has 4 rings (SSSR count). The monoisotopic (exact) mass is 340 g/mol. The standard InChI is InChI=1S/C17H16N4O2S/c1-10-6-12(7-11(2)15(10)22)14-9-19-17-21(14)20-16(24-17)18-8-13-4-3-5-23-13/h3-7,9,22H,8H2,1-2H3,(H,18,20). The average molecular weight is 340 g/mol. The average Bonchev–Trinajstić information content (AvgIpc) is 3.26. The first kappa shape index (κ1) is 14.8. The maximum atomic E-state index is 9.95. The van der Waals surface area contributed by atoms with Gasteiger partial charge in [-0.15, -0.1) is 5.10 Å². The van der Waals surface area contributed by atoms with Gasteiger partial charge in [0.2, 0.25) is 10.1 Å². The zero-order valence-electron chi connectivity index (χ0n) is 13.3. The number of hydrogen-bond acceptors (Lipinski definition) is 6. The van der Waals surface area contributed by atoms with E-state index in [9.17, 15) is 5.11 Å². The third-order valence-electron chi connectivity index (χ3n) is 3.87. The largest absolute Gasteiger partial charge is 0.507 e. The summed E-state index contributed by atoms with van der Waals surface area (Å²) in [5.41, 5.74) is 3.56. The predicted octanol–water partition coefficient (Wildman–Crippen LogP) is 3.99. The second kappa shape index (κ2) is 5.68. The highest BCUT2D eigenvalue weighted by Gasteiger charge is 2.13. The van der Waals surface area contributed by atoms with Gasteiger partial charge in [0.15, 0.2) is 0 Å². The van der Waals surface area contributed by atoms with Crippen molar-refractivity contribution in [3.8, 4) is 17.0 Å². The number of aromatic hydroxyl groups is 1. The molecule has 0 aliphatic heterocycles. The number of phenolic OH excluding ortho intramolecular Hbond substituents is 1. The lowest BCUT2D eigenvalue weighted by Gasteiger charge is -2.06. The van der Waals surface area contributed by atoms with Crippen LogP contribution in [0.25, 0.3) is 16.2 Å². The molecule has 7 heteroatoms. The molecule has 0 unspecified atom stereocenters. The van der Waals surface area contributed by atoms with Crippen LogP contribution in [-0.4, -0.2) is 19.7 Å². The van der Waals surface area contributed by atoms with Crippen LogP contribution in [0.3, 0.4) is 0 Å². The minimum Gasteiger partial charge on any atom is -0.507 e. The van der Waals surface area contributed by atoms with Gasteiger partial charge in [0.1, 0.15) is 11.5 Å². The van der Waals surface area contributed by atoms with Crippen molar-refractivity contribution in [2.24, 2.45) is 0 Å². The van der Waals surface area contributed by atoms with Gasteiger partial charge < -0.3 is 14.8 Å². The molecule has 1 aromatic carbocycles. The number of imidazole rings is 1. The first-order valence-corrected chi connectivity index (χ1v) is 8.35. The Morgan fingerprint density at radius 2 is 2.08 bits per heavy atom. The van der Waals surface area contributed by atoms with Gasteiger partial charge in [-0.05, 0) is 49.2 Å². The minimum absolute atomic E-state index is 0.332. The Kier molecular flexibility index (Phi) is 3.50. The van der Waals surface area contributed by atoms with Crippen LogP contribution in [-0.2, 0) is 6.54 Å². The van der Waals surface area contributed by atoms with Crippen LogP contribution < -0.4 is 5.32 Å². The number of hydrogen-bond donors (Lipinski definition) is 2. The van der Waals surface area contributed by atoms with Crippen LogP contribution in [0, 0.1) is 13.8 Å². The van der Waals surface area contributed by atoms with Crippen molar-refractivity contribution in [2.45, 2.75) is 20.4 Å². The quantitative estimate of drug-likeness (QED) is 0.587. The Hall–Kier alpha value is -2.80. The van der Waals surface area contributed by atoms with E-state index in [1.807, 2.05) is 42.6 Å². The number of benzene rings is 1. The van der Waals surface area contributed by atoms with Crippen LogP contribution in [0.5, 0.6) is 5.75 Å². The zero-order valence-corrected chi connectivity index (χ0v) is 14.1. The lowest BCUT2D eigenvalue weighted by Crippen LogP contribution is -1.99. The molecule has 0 atom stereocenters. The molecule has 24 heavy (non-hydrogen) atoms. The molecule has 0 aliphatic carbocycles. The van der Waals surface area contributed by atoms with Crippen LogP contribution in [0.2, 0.25) is 0 Å². The molecule has 0 amide bonds. The van der Waals surface area contributed by atoms with Crippen molar-refractivity contribution in [2.75, 3.05) is 5.32 Å². The predicted molar refractivity (Wildman–Crippen MR) is 93.5 cm³/mol. The number of nitrogens with one attached hydrogen (secondary N) is 1. The van der Waals surface area contributed by atoms with E-state index in [0.717, 1.165) is 38.2 Å². The molecular weight excluding hydrogens is 324 g/mol. The Morgan fingerprint density at radius 1 is 1.29 bits per heavy atom. The Balaban J connectivity index is 1.67. The molecule has 0 spiro atoms. The maximum Gasteiger partial charge on any atom is 0.214 e. The van der Waals surface area contributed by atoms with Gasteiger partial charge in [0, 0.05) is 5.56 Å². The smallest absolute Gasteiger partial charge is 0.214 e. The summed E-state index contributed by atoms with van der Waals surface area (Å²) in [5.74, 6) is 1.19. The summed E-state index contributed by atoms with van der Waals surface area (Å²) in [6, 6.07) is 7.67. The maximum absolute atomic E-state index is 9.95. The number of fused-ring (bicyclic) bond motifs is 1. The van der Waals surface area contributed by atoms with Crippen molar-refractivity contribution in [3.63, 3.8) is 0 Å². The molecule has 0 saturated heterocycles. The lowest BCUT2D eigenvalue weighted by atomic mass is 10.0. The first-order chi connectivity index (χ1) is 11.6. The van der Waals surface area contributed by atoms with Crippen molar-refractivity contribution in [3.05, 3.63) is 53.6 Å². The number of phenols is 1. The normalized spacial score (nSPS) is 11.2. The highest BCUT2D eigenvalue weighted by molar-refractivity contribution is 7.20. The molecule has 0 radical (unpaired) electrons. The van der Waals surface area contributed by atoms with Gasteiger partial charge in [-0.1, -0.05) is 11.3 Å². The molecular formula is C17H16N4O2S. The molecule has 3 heterocycles. The van der Waals surface area contributed by atoms with Crippen LogP contribution in [0.15, 0.2) is 41.1 Å². The molecule has 0 saturated carbocycles. The second-order valence-corrected chi connectivity index (χ2v) is 6.59. The number of anilines is 1. The van der Waals surface area contributed by atoms with Crippen molar-refractivity contribution >= 4 is 21.4 Å². The summed E-state index contributed by atoms with van der Waals surface area (Å²) in [6.45, 7) is 4.36. The van der Waals surface area contributed by atoms with Gasteiger partial charge in [-0.25, -0.2) is 9.50 Å². The Morgan fingerprint density at radius 3 is 2.79 bits per heavy atom. The molecule has 122 valence electrons. The highest BCUT2D eigenvalue weighted by Crippen LogP contribution is 2.31. The van der Waals surface area contributed by atoms with Crippen molar-refractivity contribution in [1.29, 1.82) is 0 Å². The van der Waals surface area contributed by atoms with E-state index in [-0.39, 0.29) is 0 Å². The van der Waals surface area contributed by atoms with E-state index in [0.29, 0.717) is 12.3 Å². The van der Waals surface area contributed by atoms with Gasteiger partial charge in [0.05, 0.1) is 24.7 Å². The summed E-state index contributed by atoms with van der Waals surface area (Å²) in [7, 11) is 0. The van der Waals surface area contributed by atoms with E-state index < -0.39 is 0 Å². The number of aromatic nitrogens is 3. The molecule has 0 aliphatic rings. The summed E-state index contributed by atoms with van der Waals surface area (Å²) in [4.78, 5) is 5.25. The lowest BCUT2D eigenvalue weighted by molar-refractivity contribution is 0.467. The van der Waals surface area contributed by atoms with E-state index in [1.54, 1.807) is 12.5 Å². The Labute approximate surface area is 142 Å². The third-order valence-corrected chi connectivity index (χ3v) is 4.75. The SMILES string of the molecule is Cc1cc(-c2cnc3sc(NCc4ccco4)nn23)cc(C)c1O. The van der Waals surface area contributed by atoms with Gasteiger partial charge in [-0.2, -0.15) is 0 Å². The molecule has 2 N–H and O–H groups in total. The number of nitrogens with zero attached hydrogens (tertiary/aromatic N) is 3. The summed E-state index contributed by atoms with van der Waals surface area (Å²) < 4.78 is 7.13. The third kappa shape index (κ3) is 2.52. The van der Waals surface area contributed by atoms with E-state index >= 15 is 0 Å². The Bertz CT molecular complexity index is 978. The fraction of sp³-hybridized carbons (Fsp3) is 0.176. The topological polar surface area (TPSA) is 75.6 Å². The summed E-state index contributed by atoms with van der Waals surface area (Å²) in [6.07, 6.45) is 3.46. The van der Waals surface area contributed by atoms with Gasteiger partial charge in [-0.3, -0.25) is 0 Å². The van der Waals surface area contributed by atoms with Crippen molar-refractivity contribution < 1.29 is 9.52 Å². The fourth-order valence-electron chi connectivity index (χ4n) is 2.64. The van der Waals surface area contributed by atoms with Crippen molar-refractivity contribution in [1.82, 2.24) is 14.6 Å². The van der Waals surface area contributed by atoms with E-state index in [2.05, 4.69) is 15.4 Å². The van der Waals surface area contributed by atoms with Crippen LogP contribution >= 0.6 is 11.3 Å². The van der Waals surface area contributed by atoms with E-state index in [4.69, 9.17) is 4.42 Å². The number of furan rings is 1. The van der Waals surface area contributed by atoms with E-state index in [1.165, 1.54) is 11.3 Å². The molecule has 0 fully saturated rings. The summed E-state index contributed by atoms with van der Waals surface area (Å²) >= 11 is 1.48. The zero-order chi connectivity index (χ0) is 16.7.